The van der Waals surface area contributed by atoms with Crippen LogP contribution in [0.4, 0.5) is 0 Å². The number of aliphatic hydroxyl groups excluding tert-OH is 1. The molecule has 1 N–H and O–H groups in total. The summed E-state index contributed by atoms with van der Waals surface area (Å²) in [5, 5.41) is 8.95. The van der Waals surface area contributed by atoms with Crippen LogP contribution in [-0.2, 0) is 4.74 Å². The van der Waals surface area contributed by atoms with Crippen LogP contribution in [0.5, 0.6) is 0 Å². The molecule has 0 amide bonds. The third-order valence-electron chi connectivity index (χ3n) is 4.02. The monoisotopic (exact) mass is 312 g/mol. The zero-order chi connectivity index (χ0) is 16.3. The summed E-state index contributed by atoms with van der Waals surface area (Å²) in [7, 11) is 0. The van der Waals surface area contributed by atoms with Gasteiger partial charge >= 0.3 is 0 Å². The number of hydrogen-bond donors (Lipinski definition) is 1. The lowest BCUT2D eigenvalue weighted by Crippen LogP contribution is -2.06. The molecule has 132 valence electrons. The first-order chi connectivity index (χ1) is 10.8. The molecule has 0 radical (unpaired) electrons. The van der Waals surface area contributed by atoms with Crippen LogP contribution < -0.4 is 0 Å². The van der Waals surface area contributed by atoms with Crippen molar-refractivity contribution in [2.45, 2.75) is 110 Å². The molecular weight excluding hydrogens is 272 g/mol. The average Bonchev–Trinajstić information content (AvgIpc) is 2.50. The molecule has 0 spiro atoms. The number of allylic oxidation sites excluding steroid dienone is 2. The molecule has 0 aliphatic heterocycles. The second-order valence-electron chi connectivity index (χ2n) is 6.41. The number of unbranched alkanes of at least 4 members (excludes halogenated alkanes) is 12. The summed E-state index contributed by atoms with van der Waals surface area (Å²) < 4.78 is 5.11. The Morgan fingerprint density at radius 3 is 1.68 bits per heavy atom. The maximum absolute atomic E-state index is 8.95. The van der Waals surface area contributed by atoms with Crippen LogP contribution in [-0.4, -0.2) is 18.0 Å². The molecule has 0 saturated heterocycles. The highest BCUT2D eigenvalue weighted by molar-refractivity contribution is 4.81. The van der Waals surface area contributed by atoms with Crippen molar-refractivity contribution in [3.05, 3.63) is 12.2 Å². The van der Waals surface area contributed by atoms with E-state index in [0.717, 1.165) is 6.42 Å². The van der Waals surface area contributed by atoms with Crippen molar-refractivity contribution in [3.63, 3.8) is 0 Å². The fraction of sp³-hybridized carbons (Fsp3) is 0.900. The van der Waals surface area contributed by atoms with Crippen molar-refractivity contribution in [1.82, 2.24) is 0 Å². The smallest absolute Gasteiger partial charge is 0.151 e. The second-order valence-corrected chi connectivity index (χ2v) is 6.41. The summed E-state index contributed by atoms with van der Waals surface area (Å²) in [6.07, 6.45) is 22.6. The normalized spacial score (nSPS) is 13.0. The first-order valence-corrected chi connectivity index (χ1v) is 9.72. The van der Waals surface area contributed by atoms with E-state index in [1.807, 2.05) is 0 Å². The van der Waals surface area contributed by atoms with Gasteiger partial charge in [-0.05, 0) is 39.0 Å². The van der Waals surface area contributed by atoms with Gasteiger partial charge in [0.2, 0.25) is 0 Å². The van der Waals surface area contributed by atoms with Crippen molar-refractivity contribution in [3.8, 4) is 0 Å². The van der Waals surface area contributed by atoms with Crippen molar-refractivity contribution >= 4 is 0 Å². The fourth-order valence-corrected chi connectivity index (χ4v) is 2.60. The number of rotatable bonds is 17. The van der Waals surface area contributed by atoms with Gasteiger partial charge in [0.1, 0.15) is 0 Å². The van der Waals surface area contributed by atoms with E-state index in [9.17, 15) is 0 Å². The molecule has 22 heavy (non-hydrogen) atoms. The molecule has 0 aromatic carbocycles. The summed E-state index contributed by atoms with van der Waals surface area (Å²) in [5.41, 5.74) is 0. The van der Waals surface area contributed by atoms with Gasteiger partial charge in [-0.1, -0.05) is 76.9 Å². The predicted octanol–water partition coefficient (Wildman–Crippen LogP) is 6.38. The van der Waals surface area contributed by atoms with Gasteiger partial charge in [-0.15, -0.1) is 0 Å². The van der Waals surface area contributed by atoms with Gasteiger partial charge in [0, 0.05) is 6.61 Å². The molecule has 0 bridgehead atoms. The lowest BCUT2D eigenvalue weighted by molar-refractivity contribution is -0.0859. The minimum Gasteiger partial charge on any atom is -0.368 e. The van der Waals surface area contributed by atoms with Gasteiger partial charge < -0.3 is 9.84 Å². The van der Waals surface area contributed by atoms with Crippen LogP contribution in [0.1, 0.15) is 104 Å². The Morgan fingerprint density at radius 1 is 0.727 bits per heavy atom. The molecule has 2 nitrogen and oxygen atoms in total. The maximum Gasteiger partial charge on any atom is 0.151 e. The third-order valence-corrected chi connectivity index (χ3v) is 4.02. The van der Waals surface area contributed by atoms with E-state index < -0.39 is 6.29 Å². The molecule has 1 unspecified atom stereocenters. The Kier molecular flexibility index (Phi) is 18.4. The highest BCUT2D eigenvalue weighted by Gasteiger charge is 1.95. The highest BCUT2D eigenvalue weighted by atomic mass is 16.6. The Labute approximate surface area is 139 Å². The Bertz CT molecular complexity index is 224. The first-order valence-electron chi connectivity index (χ1n) is 9.72. The van der Waals surface area contributed by atoms with Gasteiger partial charge in [-0.2, -0.15) is 0 Å². The summed E-state index contributed by atoms with van der Waals surface area (Å²) in [6, 6.07) is 0. The minimum absolute atomic E-state index is 0.608. The molecule has 0 heterocycles. The Morgan fingerprint density at radius 2 is 1.18 bits per heavy atom. The third kappa shape index (κ3) is 19.7. The number of ether oxygens (including phenoxy) is 1. The quantitative estimate of drug-likeness (QED) is 0.192. The molecule has 0 aromatic heterocycles. The van der Waals surface area contributed by atoms with Gasteiger partial charge in [-0.25, -0.2) is 0 Å². The molecule has 2 heteroatoms. The van der Waals surface area contributed by atoms with E-state index in [0.29, 0.717) is 6.61 Å². The molecule has 0 aromatic rings. The summed E-state index contributed by atoms with van der Waals surface area (Å²) >= 11 is 0. The fourth-order valence-electron chi connectivity index (χ4n) is 2.60. The first kappa shape index (κ1) is 21.7. The Balaban J connectivity index is 3.05. The van der Waals surface area contributed by atoms with Crippen molar-refractivity contribution < 1.29 is 9.84 Å². The van der Waals surface area contributed by atoms with E-state index in [1.165, 1.54) is 83.5 Å². The molecular formula is C20H40O2. The van der Waals surface area contributed by atoms with E-state index in [4.69, 9.17) is 9.84 Å². The van der Waals surface area contributed by atoms with Crippen LogP contribution >= 0.6 is 0 Å². The van der Waals surface area contributed by atoms with Gasteiger partial charge in [0.15, 0.2) is 6.29 Å². The van der Waals surface area contributed by atoms with Crippen molar-refractivity contribution in [1.29, 1.82) is 0 Å². The molecule has 0 aliphatic carbocycles. The van der Waals surface area contributed by atoms with E-state index >= 15 is 0 Å². The summed E-state index contributed by atoms with van der Waals surface area (Å²) in [4.78, 5) is 0. The highest BCUT2D eigenvalue weighted by Crippen LogP contribution is 2.10. The van der Waals surface area contributed by atoms with Crippen molar-refractivity contribution in [2.75, 3.05) is 6.61 Å². The van der Waals surface area contributed by atoms with Crippen LogP contribution in [0, 0.1) is 0 Å². The van der Waals surface area contributed by atoms with Crippen LogP contribution in [0.25, 0.3) is 0 Å². The molecule has 0 fully saturated rings. The zero-order valence-electron chi connectivity index (χ0n) is 15.2. The van der Waals surface area contributed by atoms with E-state index in [2.05, 4.69) is 19.1 Å². The maximum atomic E-state index is 8.95. The lowest BCUT2D eigenvalue weighted by atomic mass is 10.1. The van der Waals surface area contributed by atoms with Crippen LogP contribution in [0.3, 0.4) is 0 Å². The summed E-state index contributed by atoms with van der Waals surface area (Å²) in [6.45, 7) is 4.63. The second kappa shape index (κ2) is 18.7. The van der Waals surface area contributed by atoms with Gasteiger partial charge in [-0.3, -0.25) is 0 Å². The minimum atomic E-state index is -0.608. The van der Waals surface area contributed by atoms with E-state index in [-0.39, 0.29) is 0 Å². The standard InChI is InChI=1S/C20H40O2/c1-3-4-5-6-7-8-9-10-11-12-13-14-15-16-17-18-19-22-20(2)21/h10-11,20-21H,3-9,12-19H2,1-2H3. The largest absolute Gasteiger partial charge is 0.368 e. The average molecular weight is 313 g/mol. The lowest BCUT2D eigenvalue weighted by Gasteiger charge is -2.05. The molecule has 0 rings (SSSR count). The molecule has 1 atom stereocenters. The zero-order valence-corrected chi connectivity index (χ0v) is 15.2. The van der Waals surface area contributed by atoms with Crippen LogP contribution in [0.2, 0.25) is 0 Å². The SMILES string of the molecule is CCCCCCCCC=CCCCCCCCCOC(C)O. The molecule has 0 aliphatic rings. The van der Waals surface area contributed by atoms with Crippen molar-refractivity contribution in [2.24, 2.45) is 0 Å². The van der Waals surface area contributed by atoms with Crippen LogP contribution in [0.15, 0.2) is 12.2 Å². The number of hydrogen-bond acceptors (Lipinski definition) is 2. The number of aliphatic hydroxyl groups is 1. The van der Waals surface area contributed by atoms with E-state index in [1.54, 1.807) is 6.92 Å². The topological polar surface area (TPSA) is 29.5 Å². The predicted molar refractivity (Wildman–Crippen MR) is 97.1 cm³/mol. The summed E-state index contributed by atoms with van der Waals surface area (Å²) in [5.74, 6) is 0. The van der Waals surface area contributed by atoms with Gasteiger partial charge in [0.05, 0.1) is 0 Å². The Hall–Kier alpha value is -0.340. The van der Waals surface area contributed by atoms with Gasteiger partial charge in [0.25, 0.3) is 0 Å². The molecule has 0 saturated carbocycles.